The van der Waals surface area contributed by atoms with Crippen molar-refractivity contribution < 1.29 is 13.5 Å². The van der Waals surface area contributed by atoms with Gasteiger partial charge in [-0.25, -0.2) is 8.78 Å². The Bertz CT molecular complexity index is 489. The van der Waals surface area contributed by atoms with Gasteiger partial charge in [-0.1, -0.05) is 13.8 Å². The second kappa shape index (κ2) is 4.44. The Balaban J connectivity index is 1.81. The number of hydrogen-bond donors (Lipinski definition) is 1. The van der Waals surface area contributed by atoms with Crippen molar-refractivity contribution in [3.63, 3.8) is 0 Å². The molecule has 0 radical (unpaired) electrons. The number of hydrogen-bond acceptors (Lipinski definition) is 2. The van der Waals surface area contributed by atoms with Crippen LogP contribution in [0.5, 0.6) is 0 Å². The van der Waals surface area contributed by atoms with E-state index in [0.29, 0.717) is 5.92 Å². The molecule has 2 aliphatic rings. The number of anilines is 1. The fraction of sp³-hybridized carbons (Fsp3) is 0.600. The summed E-state index contributed by atoms with van der Waals surface area (Å²) in [6, 6.07) is 3.66. The Morgan fingerprint density at radius 3 is 2.89 bits per heavy atom. The van der Waals surface area contributed by atoms with Crippen LogP contribution in [-0.2, 0) is 4.74 Å². The van der Waals surface area contributed by atoms with Crippen molar-refractivity contribution in [3.05, 3.63) is 29.8 Å². The molecular formula is C15H19F2NO. The lowest BCUT2D eigenvalue weighted by Gasteiger charge is -2.60. The summed E-state index contributed by atoms with van der Waals surface area (Å²) in [6.07, 6.45) is 2.36. The molecule has 3 atom stereocenters. The maximum Gasteiger partial charge on any atom is 0.146 e. The van der Waals surface area contributed by atoms with Crippen LogP contribution in [0, 0.1) is 23.0 Å². The van der Waals surface area contributed by atoms with Crippen LogP contribution in [0.2, 0.25) is 0 Å². The van der Waals surface area contributed by atoms with E-state index in [0.717, 1.165) is 31.6 Å². The molecule has 4 heteroatoms. The van der Waals surface area contributed by atoms with Gasteiger partial charge < -0.3 is 10.1 Å². The van der Waals surface area contributed by atoms with Gasteiger partial charge in [-0.3, -0.25) is 0 Å². The van der Waals surface area contributed by atoms with Gasteiger partial charge >= 0.3 is 0 Å². The third kappa shape index (κ3) is 2.02. The van der Waals surface area contributed by atoms with Crippen molar-refractivity contribution in [1.29, 1.82) is 0 Å². The minimum absolute atomic E-state index is 0.0517. The quantitative estimate of drug-likeness (QED) is 0.884. The molecule has 1 aliphatic carbocycles. The normalized spacial score (nSPS) is 32.3. The predicted octanol–water partition coefficient (Wildman–Crippen LogP) is 3.58. The molecule has 1 aromatic carbocycles. The summed E-state index contributed by atoms with van der Waals surface area (Å²) in [6.45, 7) is 5.05. The van der Waals surface area contributed by atoms with E-state index in [1.54, 1.807) is 0 Å². The second-order valence-electron chi connectivity index (χ2n) is 6.17. The fourth-order valence-corrected chi connectivity index (χ4v) is 3.59. The van der Waals surface area contributed by atoms with Gasteiger partial charge in [0, 0.05) is 24.0 Å². The van der Waals surface area contributed by atoms with Crippen molar-refractivity contribution in [1.82, 2.24) is 0 Å². The Morgan fingerprint density at radius 1 is 1.32 bits per heavy atom. The zero-order valence-corrected chi connectivity index (χ0v) is 11.2. The first-order valence-electron chi connectivity index (χ1n) is 6.83. The average molecular weight is 267 g/mol. The standard InChI is InChI=1S/C15H19F2NO/c1-15(2)13(10-4-3-7-19-14(10)15)18-12-8-9(16)5-6-11(12)17/h5-6,8,10,13-14,18H,3-4,7H2,1-2H3. The molecule has 3 unspecified atom stereocenters. The molecule has 0 amide bonds. The Morgan fingerprint density at radius 2 is 2.11 bits per heavy atom. The lowest BCUT2D eigenvalue weighted by molar-refractivity contribution is -0.177. The number of rotatable bonds is 2. The zero-order chi connectivity index (χ0) is 13.6. The van der Waals surface area contributed by atoms with Crippen LogP contribution in [0.1, 0.15) is 26.7 Å². The second-order valence-corrected chi connectivity index (χ2v) is 6.17. The molecule has 3 rings (SSSR count). The van der Waals surface area contributed by atoms with Gasteiger partial charge in [-0.2, -0.15) is 0 Å². The molecule has 104 valence electrons. The highest BCUT2D eigenvalue weighted by atomic mass is 19.1. The highest BCUT2D eigenvalue weighted by molar-refractivity contribution is 5.47. The van der Waals surface area contributed by atoms with Crippen LogP contribution in [0.25, 0.3) is 0 Å². The van der Waals surface area contributed by atoms with Gasteiger partial charge in [-0.05, 0) is 31.0 Å². The molecule has 1 N–H and O–H groups in total. The Labute approximate surface area is 112 Å². The van der Waals surface area contributed by atoms with Gasteiger partial charge in [0.25, 0.3) is 0 Å². The average Bonchev–Trinajstić information content (AvgIpc) is 2.39. The Hall–Kier alpha value is -1.16. The van der Waals surface area contributed by atoms with Crippen LogP contribution < -0.4 is 5.32 Å². The molecule has 2 fully saturated rings. The van der Waals surface area contributed by atoms with Crippen LogP contribution in [0.15, 0.2) is 18.2 Å². The van der Waals surface area contributed by atoms with Crippen molar-refractivity contribution in [2.45, 2.75) is 38.8 Å². The third-order valence-corrected chi connectivity index (χ3v) is 4.57. The van der Waals surface area contributed by atoms with Gasteiger partial charge in [0.05, 0.1) is 11.8 Å². The SMILES string of the molecule is CC1(C)C(Nc2cc(F)ccc2F)C2CCCOC21. The molecule has 2 nitrogen and oxygen atoms in total. The molecule has 1 aliphatic heterocycles. The van der Waals surface area contributed by atoms with Crippen LogP contribution in [-0.4, -0.2) is 18.8 Å². The summed E-state index contributed by atoms with van der Waals surface area (Å²) in [5.74, 6) is -0.429. The summed E-state index contributed by atoms with van der Waals surface area (Å²) in [4.78, 5) is 0. The van der Waals surface area contributed by atoms with Gasteiger partial charge in [0.2, 0.25) is 0 Å². The van der Waals surface area contributed by atoms with Gasteiger partial charge in [-0.15, -0.1) is 0 Å². The molecular weight excluding hydrogens is 248 g/mol. The molecule has 1 saturated carbocycles. The van der Waals surface area contributed by atoms with Crippen LogP contribution >= 0.6 is 0 Å². The van der Waals surface area contributed by atoms with E-state index in [-0.39, 0.29) is 23.2 Å². The number of fused-ring (bicyclic) bond motifs is 1. The van der Waals surface area contributed by atoms with E-state index in [1.807, 2.05) is 0 Å². The van der Waals surface area contributed by atoms with E-state index < -0.39 is 11.6 Å². The van der Waals surface area contributed by atoms with E-state index in [9.17, 15) is 8.78 Å². The maximum atomic E-state index is 13.7. The van der Waals surface area contributed by atoms with Crippen LogP contribution in [0.3, 0.4) is 0 Å². The topological polar surface area (TPSA) is 21.3 Å². The third-order valence-electron chi connectivity index (χ3n) is 4.57. The van der Waals surface area contributed by atoms with E-state index >= 15 is 0 Å². The molecule has 0 aromatic heterocycles. The predicted molar refractivity (Wildman–Crippen MR) is 70.0 cm³/mol. The highest BCUT2D eigenvalue weighted by Crippen LogP contribution is 2.52. The first kappa shape index (κ1) is 12.9. The number of halogens is 2. The van der Waals surface area contributed by atoms with E-state index in [1.165, 1.54) is 6.07 Å². The molecule has 0 spiro atoms. The molecule has 19 heavy (non-hydrogen) atoms. The monoisotopic (exact) mass is 267 g/mol. The summed E-state index contributed by atoms with van der Waals surface area (Å²) >= 11 is 0. The summed E-state index contributed by atoms with van der Waals surface area (Å²) in [5, 5.41) is 3.18. The van der Waals surface area contributed by atoms with Crippen molar-refractivity contribution in [2.75, 3.05) is 11.9 Å². The highest BCUT2D eigenvalue weighted by Gasteiger charge is 2.58. The van der Waals surface area contributed by atoms with E-state index in [4.69, 9.17) is 4.74 Å². The van der Waals surface area contributed by atoms with Crippen LogP contribution in [0.4, 0.5) is 14.5 Å². The zero-order valence-electron chi connectivity index (χ0n) is 11.2. The maximum absolute atomic E-state index is 13.7. The minimum Gasteiger partial charge on any atom is -0.379 e. The summed E-state index contributed by atoms with van der Waals surface area (Å²) < 4.78 is 32.7. The largest absolute Gasteiger partial charge is 0.379 e. The summed E-state index contributed by atoms with van der Waals surface area (Å²) in [5.41, 5.74) is 0.200. The number of benzene rings is 1. The van der Waals surface area contributed by atoms with Crippen molar-refractivity contribution in [2.24, 2.45) is 11.3 Å². The van der Waals surface area contributed by atoms with Gasteiger partial charge in [0.1, 0.15) is 11.6 Å². The summed E-state index contributed by atoms with van der Waals surface area (Å²) in [7, 11) is 0. The molecule has 1 aromatic rings. The lowest BCUT2D eigenvalue weighted by atomic mass is 9.55. The number of ether oxygens (including phenoxy) is 1. The molecule has 1 heterocycles. The van der Waals surface area contributed by atoms with E-state index in [2.05, 4.69) is 19.2 Å². The first-order chi connectivity index (χ1) is 9.00. The minimum atomic E-state index is -0.419. The fourth-order valence-electron chi connectivity index (χ4n) is 3.59. The van der Waals surface area contributed by atoms with Crippen molar-refractivity contribution in [3.8, 4) is 0 Å². The Kier molecular flexibility index (Phi) is 3.01. The first-order valence-corrected chi connectivity index (χ1v) is 6.83. The molecule has 0 bridgehead atoms. The number of nitrogens with one attached hydrogen (secondary N) is 1. The molecule has 1 saturated heterocycles. The smallest absolute Gasteiger partial charge is 0.146 e. The lowest BCUT2D eigenvalue weighted by Crippen LogP contribution is -2.67. The van der Waals surface area contributed by atoms with Crippen molar-refractivity contribution >= 4 is 5.69 Å². The van der Waals surface area contributed by atoms with Gasteiger partial charge in [0.15, 0.2) is 0 Å².